The third-order valence-corrected chi connectivity index (χ3v) is 3.39. The Hall–Kier alpha value is -1.09. The summed E-state index contributed by atoms with van der Waals surface area (Å²) in [5.41, 5.74) is 1.66. The summed E-state index contributed by atoms with van der Waals surface area (Å²) in [6, 6.07) is 5.09. The lowest BCUT2D eigenvalue weighted by molar-refractivity contribution is 0.472. The number of hydrogen-bond donors (Lipinski definition) is 0. The van der Waals surface area contributed by atoms with Crippen LogP contribution in [0.5, 0.6) is 0 Å². The van der Waals surface area contributed by atoms with Crippen LogP contribution in [0.3, 0.4) is 0 Å². The van der Waals surface area contributed by atoms with Gasteiger partial charge in [-0.25, -0.2) is 9.37 Å². The molecular weight excluding hydrogens is 239 g/mol. The minimum atomic E-state index is -0.257. The van der Waals surface area contributed by atoms with E-state index >= 15 is 0 Å². The van der Waals surface area contributed by atoms with Crippen LogP contribution in [-0.4, -0.2) is 9.55 Å². The van der Waals surface area contributed by atoms with Crippen LogP contribution in [0.4, 0.5) is 4.39 Å². The third-order valence-electron chi connectivity index (χ3n) is 3.15. The number of aromatic nitrogens is 2. The van der Waals surface area contributed by atoms with Crippen LogP contribution in [0.15, 0.2) is 18.2 Å². The first kappa shape index (κ1) is 12.4. The number of rotatable bonds is 4. The number of fused-ring (bicyclic) bond motifs is 1. The number of imidazole rings is 1. The summed E-state index contributed by atoms with van der Waals surface area (Å²) in [7, 11) is 0. The standard InChI is InChI=1S/C13H16ClFN2/c1-3-10(4-2)17-12-6-5-9(15)7-11(12)16-13(17)8-14/h5-7,10H,3-4,8H2,1-2H3. The van der Waals surface area contributed by atoms with E-state index in [0.29, 0.717) is 17.4 Å². The monoisotopic (exact) mass is 254 g/mol. The fraction of sp³-hybridized carbons (Fsp3) is 0.462. The highest BCUT2D eigenvalue weighted by Crippen LogP contribution is 2.26. The van der Waals surface area contributed by atoms with Gasteiger partial charge in [-0.05, 0) is 25.0 Å². The molecule has 4 heteroatoms. The average Bonchev–Trinajstić information content (AvgIpc) is 2.69. The van der Waals surface area contributed by atoms with Gasteiger partial charge in [0.1, 0.15) is 11.6 Å². The fourth-order valence-electron chi connectivity index (χ4n) is 2.28. The lowest BCUT2D eigenvalue weighted by Crippen LogP contribution is -2.09. The summed E-state index contributed by atoms with van der Waals surface area (Å²) in [6.07, 6.45) is 2.03. The molecule has 0 radical (unpaired) electrons. The van der Waals surface area contributed by atoms with E-state index in [2.05, 4.69) is 23.4 Å². The first-order chi connectivity index (χ1) is 8.21. The molecule has 1 heterocycles. The molecule has 0 fully saturated rings. The predicted octanol–water partition coefficient (Wildman–Crippen LogP) is 4.28. The van der Waals surface area contributed by atoms with Gasteiger partial charge in [-0.3, -0.25) is 0 Å². The van der Waals surface area contributed by atoms with Gasteiger partial charge in [-0.1, -0.05) is 13.8 Å². The molecule has 1 aromatic heterocycles. The van der Waals surface area contributed by atoms with E-state index in [1.54, 1.807) is 6.07 Å². The minimum Gasteiger partial charge on any atom is -0.324 e. The van der Waals surface area contributed by atoms with Crippen LogP contribution in [0.2, 0.25) is 0 Å². The maximum Gasteiger partial charge on any atom is 0.125 e. The van der Waals surface area contributed by atoms with Crippen molar-refractivity contribution in [3.05, 3.63) is 29.8 Å². The van der Waals surface area contributed by atoms with Gasteiger partial charge in [-0.2, -0.15) is 0 Å². The summed E-state index contributed by atoms with van der Waals surface area (Å²) in [5, 5.41) is 0. The van der Waals surface area contributed by atoms with E-state index in [1.165, 1.54) is 12.1 Å². The highest BCUT2D eigenvalue weighted by Gasteiger charge is 2.16. The van der Waals surface area contributed by atoms with Crippen LogP contribution < -0.4 is 0 Å². The molecule has 0 bridgehead atoms. The zero-order chi connectivity index (χ0) is 12.4. The molecule has 0 saturated heterocycles. The van der Waals surface area contributed by atoms with Crippen molar-refractivity contribution in [3.63, 3.8) is 0 Å². The van der Waals surface area contributed by atoms with Crippen molar-refractivity contribution in [2.45, 2.75) is 38.6 Å². The summed E-state index contributed by atoms with van der Waals surface area (Å²) in [4.78, 5) is 4.40. The number of hydrogen-bond acceptors (Lipinski definition) is 1. The number of benzene rings is 1. The number of nitrogens with zero attached hydrogens (tertiary/aromatic N) is 2. The second-order valence-electron chi connectivity index (χ2n) is 4.14. The zero-order valence-corrected chi connectivity index (χ0v) is 10.8. The van der Waals surface area contributed by atoms with Crippen LogP contribution in [0.1, 0.15) is 38.6 Å². The molecule has 2 nitrogen and oxygen atoms in total. The van der Waals surface area contributed by atoms with Gasteiger partial charge in [0.05, 0.1) is 16.9 Å². The molecule has 0 N–H and O–H groups in total. The Bertz CT molecular complexity index is 517. The Morgan fingerprint density at radius 2 is 2.06 bits per heavy atom. The topological polar surface area (TPSA) is 17.8 Å². The van der Waals surface area contributed by atoms with Gasteiger partial charge in [0, 0.05) is 12.1 Å². The van der Waals surface area contributed by atoms with Crippen LogP contribution in [0.25, 0.3) is 11.0 Å². The minimum absolute atomic E-state index is 0.257. The van der Waals surface area contributed by atoms with Crippen molar-refractivity contribution in [1.29, 1.82) is 0 Å². The molecule has 1 aromatic carbocycles. The van der Waals surface area contributed by atoms with Gasteiger partial charge in [0.25, 0.3) is 0 Å². The zero-order valence-electron chi connectivity index (χ0n) is 10.1. The maximum atomic E-state index is 13.2. The summed E-state index contributed by atoms with van der Waals surface area (Å²) < 4.78 is 15.3. The predicted molar refractivity (Wildman–Crippen MR) is 68.9 cm³/mol. The van der Waals surface area contributed by atoms with Crippen LogP contribution in [-0.2, 0) is 5.88 Å². The van der Waals surface area contributed by atoms with E-state index in [9.17, 15) is 4.39 Å². The molecule has 0 saturated carbocycles. The smallest absolute Gasteiger partial charge is 0.125 e. The highest BCUT2D eigenvalue weighted by atomic mass is 35.5. The normalized spacial score (nSPS) is 11.6. The average molecular weight is 255 g/mol. The molecule has 17 heavy (non-hydrogen) atoms. The molecule has 0 aliphatic heterocycles. The fourth-order valence-corrected chi connectivity index (χ4v) is 2.47. The molecule has 0 spiro atoms. The Kier molecular flexibility index (Phi) is 3.67. The van der Waals surface area contributed by atoms with Crippen molar-refractivity contribution >= 4 is 22.6 Å². The SMILES string of the molecule is CCC(CC)n1c(CCl)nc2cc(F)ccc21. The Morgan fingerprint density at radius 3 is 2.65 bits per heavy atom. The van der Waals surface area contributed by atoms with Crippen LogP contribution >= 0.6 is 11.6 Å². The van der Waals surface area contributed by atoms with E-state index in [1.807, 2.05) is 0 Å². The van der Waals surface area contributed by atoms with Crippen molar-refractivity contribution in [1.82, 2.24) is 9.55 Å². The molecule has 92 valence electrons. The lowest BCUT2D eigenvalue weighted by atomic mass is 10.1. The largest absolute Gasteiger partial charge is 0.324 e. The van der Waals surface area contributed by atoms with E-state index in [-0.39, 0.29) is 5.82 Å². The van der Waals surface area contributed by atoms with Gasteiger partial charge in [0.15, 0.2) is 0 Å². The Labute approximate surface area is 105 Å². The Morgan fingerprint density at radius 1 is 1.35 bits per heavy atom. The van der Waals surface area contributed by atoms with Gasteiger partial charge in [0.2, 0.25) is 0 Å². The Balaban J connectivity index is 2.65. The lowest BCUT2D eigenvalue weighted by Gasteiger charge is -2.18. The number of halogens is 2. The second-order valence-corrected chi connectivity index (χ2v) is 4.40. The van der Waals surface area contributed by atoms with Crippen molar-refractivity contribution < 1.29 is 4.39 Å². The molecule has 0 unspecified atom stereocenters. The van der Waals surface area contributed by atoms with Crippen molar-refractivity contribution in [3.8, 4) is 0 Å². The van der Waals surface area contributed by atoms with Gasteiger partial charge >= 0.3 is 0 Å². The number of alkyl halides is 1. The van der Waals surface area contributed by atoms with Gasteiger partial charge < -0.3 is 4.57 Å². The molecule has 0 aliphatic rings. The summed E-state index contributed by atoms with van der Waals surface area (Å²) in [5.74, 6) is 0.918. The van der Waals surface area contributed by atoms with Crippen molar-refractivity contribution in [2.24, 2.45) is 0 Å². The van der Waals surface area contributed by atoms with E-state index < -0.39 is 0 Å². The summed E-state index contributed by atoms with van der Waals surface area (Å²) in [6.45, 7) is 4.28. The van der Waals surface area contributed by atoms with Crippen LogP contribution in [0, 0.1) is 5.82 Å². The molecule has 2 rings (SSSR count). The first-order valence-electron chi connectivity index (χ1n) is 5.93. The van der Waals surface area contributed by atoms with E-state index in [4.69, 9.17) is 11.6 Å². The third kappa shape index (κ3) is 2.16. The highest BCUT2D eigenvalue weighted by molar-refractivity contribution is 6.16. The first-order valence-corrected chi connectivity index (χ1v) is 6.47. The van der Waals surface area contributed by atoms with Crippen molar-refractivity contribution in [2.75, 3.05) is 0 Å². The quantitative estimate of drug-likeness (QED) is 0.745. The molecular formula is C13H16ClFN2. The van der Waals surface area contributed by atoms with E-state index in [0.717, 1.165) is 24.2 Å². The molecule has 0 amide bonds. The van der Waals surface area contributed by atoms with Gasteiger partial charge in [-0.15, -0.1) is 11.6 Å². The summed E-state index contributed by atoms with van der Waals surface area (Å²) >= 11 is 5.92. The maximum absolute atomic E-state index is 13.2. The molecule has 0 atom stereocenters. The molecule has 2 aromatic rings. The molecule has 0 aliphatic carbocycles. The second kappa shape index (κ2) is 5.05.